The van der Waals surface area contributed by atoms with Crippen molar-refractivity contribution < 1.29 is 13.9 Å². The van der Waals surface area contributed by atoms with Gasteiger partial charge >= 0.3 is 5.76 Å². The maximum Gasteiger partial charge on any atom is 0.420 e. The van der Waals surface area contributed by atoms with Crippen LogP contribution in [0, 0.1) is 6.92 Å². The second-order valence-electron chi connectivity index (χ2n) is 8.07. The normalized spacial score (nSPS) is 15.6. The van der Waals surface area contributed by atoms with Gasteiger partial charge in [0, 0.05) is 6.42 Å². The second kappa shape index (κ2) is 8.43. The van der Waals surface area contributed by atoms with Gasteiger partial charge in [-0.25, -0.2) is 9.80 Å². The predicted molar refractivity (Wildman–Crippen MR) is 125 cm³/mol. The van der Waals surface area contributed by atoms with Crippen molar-refractivity contribution in [2.45, 2.75) is 25.9 Å². The number of methoxy groups -OCH3 is 1. The molecule has 5 rings (SSSR count). The molecule has 0 fully saturated rings. The highest BCUT2D eigenvalue weighted by atomic mass is 16.5. The van der Waals surface area contributed by atoms with Gasteiger partial charge in [-0.15, -0.1) is 0 Å². The molecule has 1 unspecified atom stereocenters. The standard InChI is InChI=1S/C26H23N3O4/c1-17-8-13-24-23(14-17)28(26(31)33-24)16-25(30)29-22(19-9-11-20(32-2)12-10-19)15-21(27-29)18-6-4-3-5-7-18/h3-14,22H,15-16H2,1-2H3. The Morgan fingerprint density at radius 2 is 1.85 bits per heavy atom. The molecule has 1 aliphatic heterocycles. The topological polar surface area (TPSA) is 77.0 Å². The SMILES string of the molecule is COc1ccc(C2CC(c3ccccc3)=NN2C(=O)Cn2c(=O)oc3ccc(C)cc32)cc1. The van der Waals surface area contributed by atoms with Crippen LogP contribution < -0.4 is 10.5 Å². The first-order valence-corrected chi connectivity index (χ1v) is 10.7. The van der Waals surface area contributed by atoms with Gasteiger partial charge in [0.05, 0.1) is 24.4 Å². The van der Waals surface area contributed by atoms with Crippen LogP contribution in [0.3, 0.4) is 0 Å². The van der Waals surface area contributed by atoms with E-state index >= 15 is 0 Å². The predicted octanol–water partition coefficient (Wildman–Crippen LogP) is 4.29. The number of benzene rings is 3. The first-order valence-electron chi connectivity index (χ1n) is 10.7. The van der Waals surface area contributed by atoms with Crippen molar-refractivity contribution in [1.29, 1.82) is 0 Å². The van der Waals surface area contributed by atoms with Crippen molar-refractivity contribution in [3.05, 3.63) is 100 Å². The van der Waals surface area contributed by atoms with Crippen molar-refractivity contribution in [1.82, 2.24) is 9.58 Å². The minimum Gasteiger partial charge on any atom is -0.497 e. The zero-order chi connectivity index (χ0) is 22.9. The molecule has 7 nitrogen and oxygen atoms in total. The summed E-state index contributed by atoms with van der Waals surface area (Å²) in [6, 6.07) is 22.6. The summed E-state index contributed by atoms with van der Waals surface area (Å²) in [6.07, 6.45) is 0.572. The number of carbonyl (C=O) groups is 1. The first kappa shape index (κ1) is 20.8. The number of rotatable bonds is 5. The van der Waals surface area contributed by atoms with E-state index in [0.29, 0.717) is 17.5 Å². The van der Waals surface area contributed by atoms with Crippen LogP contribution in [0.15, 0.2) is 87.1 Å². The van der Waals surface area contributed by atoms with E-state index in [1.54, 1.807) is 13.2 Å². The summed E-state index contributed by atoms with van der Waals surface area (Å²) >= 11 is 0. The molecule has 0 bridgehead atoms. The molecular formula is C26H23N3O4. The van der Waals surface area contributed by atoms with Crippen LogP contribution in [0.25, 0.3) is 11.1 Å². The Labute approximate surface area is 190 Å². The molecule has 1 atom stereocenters. The molecule has 1 aromatic heterocycles. The molecule has 4 aromatic rings. The zero-order valence-electron chi connectivity index (χ0n) is 18.4. The average molecular weight is 441 g/mol. The lowest BCUT2D eigenvalue weighted by Crippen LogP contribution is -2.32. The number of nitrogens with zero attached hydrogens (tertiary/aromatic N) is 3. The maximum atomic E-state index is 13.5. The average Bonchev–Trinajstić information content (AvgIpc) is 3.42. The van der Waals surface area contributed by atoms with Gasteiger partial charge in [-0.3, -0.25) is 9.36 Å². The zero-order valence-corrected chi connectivity index (χ0v) is 18.4. The van der Waals surface area contributed by atoms with Crippen LogP contribution >= 0.6 is 0 Å². The summed E-state index contributed by atoms with van der Waals surface area (Å²) in [5.74, 6) is -0.102. The molecule has 2 heterocycles. The van der Waals surface area contributed by atoms with Crippen molar-refractivity contribution in [3.63, 3.8) is 0 Å². The summed E-state index contributed by atoms with van der Waals surface area (Å²) < 4.78 is 12.0. The fourth-order valence-electron chi connectivity index (χ4n) is 4.16. The van der Waals surface area contributed by atoms with E-state index in [1.807, 2.05) is 73.7 Å². The van der Waals surface area contributed by atoms with Crippen LogP contribution in [0.4, 0.5) is 0 Å². The van der Waals surface area contributed by atoms with Crippen molar-refractivity contribution in [2.75, 3.05) is 7.11 Å². The highest BCUT2D eigenvalue weighted by Crippen LogP contribution is 2.34. The lowest BCUT2D eigenvalue weighted by atomic mass is 9.98. The molecule has 0 spiro atoms. The molecule has 166 valence electrons. The van der Waals surface area contributed by atoms with Gasteiger partial charge in [0.1, 0.15) is 12.3 Å². The Bertz CT molecular complexity index is 1400. The third kappa shape index (κ3) is 3.93. The number of aromatic nitrogens is 1. The van der Waals surface area contributed by atoms with E-state index in [9.17, 15) is 9.59 Å². The van der Waals surface area contributed by atoms with Gasteiger partial charge in [-0.05, 0) is 47.9 Å². The molecule has 0 saturated heterocycles. The number of ether oxygens (including phenoxy) is 1. The fraction of sp³-hybridized carbons (Fsp3) is 0.192. The van der Waals surface area contributed by atoms with Crippen LogP contribution in [0.2, 0.25) is 0 Å². The number of hydrogen-bond donors (Lipinski definition) is 0. The highest BCUT2D eigenvalue weighted by molar-refractivity contribution is 6.03. The van der Waals surface area contributed by atoms with Gasteiger partial charge < -0.3 is 9.15 Å². The number of fused-ring (bicyclic) bond motifs is 1. The molecule has 0 aliphatic carbocycles. The Morgan fingerprint density at radius 3 is 2.58 bits per heavy atom. The van der Waals surface area contributed by atoms with Crippen LogP contribution in [0.5, 0.6) is 5.75 Å². The van der Waals surface area contributed by atoms with Crippen LogP contribution in [-0.4, -0.2) is 28.3 Å². The number of carbonyl (C=O) groups excluding carboxylic acids is 1. The van der Waals surface area contributed by atoms with Gasteiger partial charge in [0.2, 0.25) is 0 Å². The molecule has 1 aliphatic rings. The Balaban J connectivity index is 1.51. The largest absolute Gasteiger partial charge is 0.497 e. The van der Waals surface area contributed by atoms with Gasteiger partial charge in [0.15, 0.2) is 5.58 Å². The quantitative estimate of drug-likeness (QED) is 0.463. The third-order valence-electron chi connectivity index (χ3n) is 5.89. The summed E-state index contributed by atoms with van der Waals surface area (Å²) in [7, 11) is 1.62. The molecular weight excluding hydrogens is 418 g/mol. The van der Waals surface area contributed by atoms with Gasteiger partial charge in [-0.1, -0.05) is 48.5 Å². The van der Waals surface area contributed by atoms with E-state index < -0.39 is 5.76 Å². The number of hydrazone groups is 1. The number of aryl methyl sites for hydroxylation is 1. The molecule has 3 aromatic carbocycles. The van der Waals surface area contributed by atoms with E-state index in [2.05, 4.69) is 5.10 Å². The number of amides is 1. The lowest BCUT2D eigenvalue weighted by molar-refractivity contribution is -0.133. The summed E-state index contributed by atoms with van der Waals surface area (Å²) in [5, 5.41) is 6.18. The van der Waals surface area contributed by atoms with Crippen molar-refractivity contribution in [3.8, 4) is 5.75 Å². The van der Waals surface area contributed by atoms with Crippen molar-refractivity contribution >= 4 is 22.7 Å². The Hall–Kier alpha value is -4.13. The Kier molecular flexibility index (Phi) is 5.30. The molecule has 0 N–H and O–H groups in total. The molecule has 0 radical (unpaired) electrons. The number of hydrogen-bond acceptors (Lipinski definition) is 5. The van der Waals surface area contributed by atoms with E-state index in [1.165, 1.54) is 9.58 Å². The highest BCUT2D eigenvalue weighted by Gasteiger charge is 2.33. The first-order chi connectivity index (χ1) is 16.0. The van der Waals surface area contributed by atoms with E-state index in [-0.39, 0.29) is 18.5 Å². The molecule has 1 amide bonds. The molecule has 7 heteroatoms. The van der Waals surface area contributed by atoms with Crippen LogP contribution in [-0.2, 0) is 11.3 Å². The third-order valence-corrected chi connectivity index (χ3v) is 5.89. The minimum absolute atomic E-state index is 0.159. The van der Waals surface area contributed by atoms with E-state index in [0.717, 1.165) is 28.2 Å². The second-order valence-corrected chi connectivity index (χ2v) is 8.07. The summed E-state index contributed by atoms with van der Waals surface area (Å²) in [5.41, 5.74) is 4.77. The fourth-order valence-corrected chi connectivity index (χ4v) is 4.16. The monoisotopic (exact) mass is 441 g/mol. The maximum absolute atomic E-state index is 13.5. The van der Waals surface area contributed by atoms with Gasteiger partial charge in [0.25, 0.3) is 5.91 Å². The summed E-state index contributed by atoms with van der Waals surface area (Å²) in [6.45, 7) is 1.77. The summed E-state index contributed by atoms with van der Waals surface area (Å²) in [4.78, 5) is 26.0. The Morgan fingerprint density at radius 1 is 1.09 bits per heavy atom. The minimum atomic E-state index is -0.559. The molecule has 33 heavy (non-hydrogen) atoms. The van der Waals surface area contributed by atoms with Crippen molar-refractivity contribution in [2.24, 2.45) is 5.10 Å². The van der Waals surface area contributed by atoms with E-state index in [4.69, 9.17) is 9.15 Å². The van der Waals surface area contributed by atoms with Crippen LogP contribution in [0.1, 0.15) is 29.2 Å². The number of oxazole rings is 1. The van der Waals surface area contributed by atoms with Gasteiger partial charge in [-0.2, -0.15) is 5.10 Å². The lowest BCUT2D eigenvalue weighted by Gasteiger charge is -2.22. The smallest absolute Gasteiger partial charge is 0.420 e. The molecule has 0 saturated carbocycles.